The predicted octanol–water partition coefficient (Wildman–Crippen LogP) is 0.947. The van der Waals surface area contributed by atoms with Crippen molar-refractivity contribution >= 4 is 17.7 Å². The lowest BCUT2D eigenvalue weighted by molar-refractivity contribution is -0.146. The highest BCUT2D eigenvalue weighted by molar-refractivity contribution is 7.99. The summed E-state index contributed by atoms with van der Waals surface area (Å²) in [6, 6.07) is 0. The Hall–Kier alpha value is -0.260. The number of hydrogen-bond acceptors (Lipinski definition) is 5. The van der Waals surface area contributed by atoms with Crippen molar-refractivity contribution in [1.82, 2.24) is 0 Å². The van der Waals surface area contributed by atoms with Crippen molar-refractivity contribution in [1.29, 1.82) is 0 Å². The average Bonchev–Trinajstić information content (AvgIpc) is 2.51. The van der Waals surface area contributed by atoms with Crippen LogP contribution in [0.1, 0.15) is 32.6 Å². The molecule has 3 atom stereocenters. The Balaban J connectivity index is 2.07. The lowest BCUT2D eigenvalue weighted by Crippen LogP contribution is -2.32. The van der Waals surface area contributed by atoms with E-state index in [1.54, 1.807) is 11.8 Å². The molecule has 0 aromatic rings. The van der Waals surface area contributed by atoms with Crippen LogP contribution in [0.5, 0.6) is 0 Å². The maximum absolute atomic E-state index is 10.9. The number of carbonyl (C=O) groups is 1. The van der Waals surface area contributed by atoms with Crippen molar-refractivity contribution in [2.24, 2.45) is 0 Å². The monoisotopic (exact) mass is 248 g/mol. The minimum atomic E-state index is -1.36. The quantitative estimate of drug-likeness (QED) is 0.518. The summed E-state index contributed by atoms with van der Waals surface area (Å²) in [7, 11) is 0. The molecule has 1 fully saturated rings. The van der Waals surface area contributed by atoms with Gasteiger partial charge in [-0.3, -0.25) is 0 Å². The first-order chi connectivity index (χ1) is 7.66. The van der Waals surface area contributed by atoms with Gasteiger partial charge in [-0.2, -0.15) is 11.8 Å². The summed E-state index contributed by atoms with van der Waals surface area (Å²) in [4.78, 5) is 10.9. The van der Waals surface area contributed by atoms with Gasteiger partial charge in [-0.1, -0.05) is 26.2 Å². The number of carbonyl (C=O) groups excluding carboxylic acids is 1. The third-order valence-electron chi connectivity index (χ3n) is 2.64. The molecular weight excluding hydrogens is 228 g/mol. The lowest BCUT2D eigenvalue weighted by Gasteiger charge is -2.12. The third-order valence-corrected chi connectivity index (χ3v) is 3.78. The number of unbranched alkanes of at least 4 members (excludes halogenated alkanes) is 3. The molecule has 1 aliphatic heterocycles. The van der Waals surface area contributed by atoms with E-state index in [0.717, 1.165) is 12.2 Å². The van der Waals surface area contributed by atoms with Crippen LogP contribution in [-0.4, -0.2) is 46.0 Å². The molecule has 1 saturated heterocycles. The Bertz CT molecular complexity index is 222. The second-order valence-electron chi connectivity index (χ2n) is 4.05. The number of esters is 1. The number of cyclic esters (lactones) is 1. The fraction of sp³-hybridized carbons (Fsp3) is 0.909. The van der Waals surface area contributed by atoms with Gasteiger partial charge >= 0.3 is 5.97 Å². The molecule has 94 valence electrons. The molecule has 0 radical (unpaired) electrons. The standard InChI is InChI=1S/C11H20O4S/c1-2-3-4-5-6-16-7-8-9(12)10(13)11(14)15-8/h8-10,12-13H,2-7H2,1H3/t8-,9-,10+/m1/s1. The molecule has 1 heterocycles. The summed E-state index contributed by atoms with van der Waals surface area (Å²) < 4.78 is 4.85. The Morgan fingerprint density at radius 2 is 2.06 bits per heavy atom. The molecule has 1 aliphatic rings. The second kappa shape index (κ2) is 7.14. The van der Waals surface area contributed by atoms with Crippen LogP contribution in [-0.2, 0) is 9.53 Å². The Morgan fingerprint density at radius 3 is 2.62 bits per heavy atom. The van der Waals surface area contributed by atoms with Gasteiger partial charge in [0.1, 0.15) is 12.2 Å². The lowest BCUT2D eigenvalue weighted by atomic mass is 10.2. The average molecular weight is 248 g/mol. The Morgan fingerprint density at radius 1 is 1.31 bits per heavy atom. The number of ether oxygens (including phenoxy) is 1. The summed E-state index contributed by atoms with van der Waals surface area (Å²) in [6.45, 7) is 2.17. The number of aliphatic hydroxyl groups excluding tert-OH is 2. The first kappa shape index (κ1) is 13.8. The van der Waals surface area contributed by atoms with Crippen molar-refractivity contribution in [3.63, 3.8) is 0 Å². The molecule has 0 aliphatic carbocycles. The van der Waals surface area contributed by atoms with Crippen LogP contribution in [0.3, 0.4) is 0 Å². The van der Waals surface area contributed by atoms with Gasteiger partial charge in [-0.05, 0) is 12.2 Å². The van der Waals surface area contributed by atoms with Gasteiger partial charge < -0.3 is 14.9 Å². The molecule has 0 amide bonds. The van der Waals surface area contributed by atoms with Gasteiger partial charge in [0, 0.05) is 5.75 Å². The van der Waals surface area contributed by atoms with Crippen molar-refractivity contribution < 1.29 is 19.7 Å². The van der Waals surface area contributed by atoms with E-state index in [2.05, 4.69) is 6.92 Å². The van der Waals surface area contributed by atoms with Gasteiger partial charge in [0.25, 0.3) is 0 Å². The van der Waals surface area contributed by atoms with Crippen LogP contribution in [0.4, 0.5) is 0 Å². The SMILES string of the molecule is CCCCCCSC[C@H]1OC(=O)[C@@H](O)[C@@H]1O. The highest BCUT2D eigenvalue weighted by Gasteiger charge is 2.42. The van der Waals surface area contributed by atoms with Crippen molar-refractivity contribution in [3.8, 4) is 0 Å². The van der Waals surface area contributed by atoms with Crippen LogP contribution in [0, 0.1) is 0 Å². The smallest absolute Gasteiger partial charge is 0.338 e. The number of aliphatic hydroxyl groups is 2. The third kappa shape index (κ3) is 3.96. The summed E-state index contributed by atoms with van der Waals surface area (Å²) >= 11 is 1.66. The molecule has 16 heavy (non-hydrogen) atoms. The highest BCUT2D eigenvalue weighted by Crippen LogP contribution is 2.20. The molecule has 0 aromatic heterocycles. The molecule has 1 rings (SSSR count). The predicted molar refractivity (Wildman–Crippen MR) is 63.4 cm³/mol. The Labute approximate surface area is 100 Å². The first-order valence-electron chi connectivity index (χ1n) is 5.81. The van der Waals surface area contributed by atoms with Gasteiger partial charge in [-0.25, -0.2) is 4.79 Å². The summed E-state index contributed by atoms with van der Waals surface area (Å²) in [5, 5.41) is 18.6. The van der Waals surface area contributed by atoms with Crippen molar-refractivity contribution in [2.45, 2.75) is 50.9 Å². The molecule has 2 N–H and O–H groups in total. The zero-order valence-electron chi connectivity index (χ0n) is 9.59. The van der Waals surface area contributed by atoms with Crippen LogP contribution in [0.25, 0.3) is 0 Å². The van der Waals surface area contributed by atoms with Gasteiger partial charge in [0.05, 0.1) is 0 Å². The maximum Gasteiger partial charge on any atom is 0.338 e. The number of thioether (sulfide) groups is 1. The molecule has 0 bridgehead atoms. The second-order valence-corrected chi connectivity index (χ2v) is 5.20. The van der Waals surface area contributed by atoms with Gasteiger partial charge in [0.15, 0.2) is 6.10 Å². The van der Waals surface area contributed by atoms with Gasteiger partial charge in [-0.15, -0.1) is 0 Å². The van der Waals surface area contributed by atoms with E-state index in [9.17, 15) is 15.0 Å². The zero-order valence-corrected chi connectivity index (χ0v) is 10.4. The number of rotatable bonds is 7. The summed E-state index contributed by atoms with van der Waals surface area (Å²) in [6.07, 6.45) is 1.88. The molecule has 5 heteroatoms. The molecule has 0 aromatic carbocycles. The van der Waals surface area contributed by atoms with E-state index in [1.807, 2.05) is 0 Å². The molecule has 0 unspecified atom stereocenters. The first-order valence-corrected chi connectivity index (χ1v) is 6.96. The van der Waals surface area contributed by atoms with E-state index >= 15 is 0 Å². The summed E-state index contributed by atoms with van der Waals surface area (Å²) in [5.74, 6) is 0.872. The van der Waals surface area contributed by atoms with Crippen molar-refractivity contribution in [3.05, 3.63) is 0 Å². The van der Waals surface area contributed by atoms with Crippen LogP contribution in [0.2, 0.25) is 0 Å². The van der Waals surface area contributed by atoms with Crippen molar-refractivity contribution in [2.75, 3.05) is 11.5 Å². The molecule has 0 saturated carbocycles. The largest absolute Gasteiger partial charge is 0.457 e. The fourth-order valence-corrected chi connectivity index (χ4v) is 2.67. The number of hydrogen-bond donors (Lipinski definition) is 2. The molecular formula is C11H20O4S. The van der Waals surface area contributed by atoms with E-state index in [-0.39, 0.29) is 0 Å². The summed E-state index contributed by atoms with van der Waals surface area (Å²) in [5.41, 5.74) is 0. The van der Waals surface area contributed by atoms with E-state index < -0.39 is 24.3 Å². The minimum absolute atomic E-state index is 0.543. The maximum atomic E-state index is 10.9. The molecule has 4 nitrogen and oxygen atoms in total. The highest BCUT2D eigenvalue weighted by atomic mass is 32.2. The topological polar surface area (TPSA) is 66.8 Å². The Kier molecular flexibility index (Phi) is 6.16. The van der Waals surface area contributed by atoms with E-state index in [0.29, 0.717) is 5.75 Å². The minimum Gasteiger partial charge on any atom is -0.457 e. The van der Waals surface area contributed by atoms with Crippen LogP contribution in [0.15, 0.2) is 0 Å². The molecule has 0 spiro atoms. The zero-order chi connectivity index (χ0) is 12.0. The fourth-order valence-electron chi connectivity index (χ4n) is 1.59. The van der Waals surface area contributed by atoms with Crippen LogP contribution < -0.4 is 0 Å². The van der Waals surface area contributed by atoms with E-state index in [4.69, 9.17) is 4.74 Å². The van der Waals surface area contributed by atoms with E-state index in [1.165, 1.54) is 19.3 Å². The van der Waals surface area contributed by atoms with Gasteiger partial charge in [0.2, 0.25) is 0 Å². The van der Waals surface area contributed by atoms with Crippen LogP contribution >= 0.6 is 11.8 Å². The normalized spacial score (nSPS) is 29.4.